The van der Waals surface area contributed by atoms with Crippen LogP contribution in [0.25, 0.3) is 0 Å². The van der Waals surface area contributed by atoms with Crippen molar-refractivity contribution in [3.05, 3.63) is 65.0 Å². The molecule has 0 unspecified atom stereocenters. The van der Waals surface area contributed by atoms with Gasteiger partial charge in [-0.2, -0.15) is 0 Å². The highest BCUT2D eigenvalue weighted by atomic mass is 19.1. The zero-order valence-corrected chi connectivity index (χ0v) is 16.2. The summed E-state index contributed by atoms with van der Waals surface area (Å²) in [6.07, 6.45) is 1.59. The lowest BCUT2D eigenvalue weighted by Gasteiger charge is -2.35. The first-order valence-electron chi connectivity index (χ1n) is 9.68. The van der Waals surface area contributed by atoms with E-state index >= 15 is 0 Å². The Balaban J connectivity index is 1.50. The van der Waals surface area contributed by atoms with E-state index < -0.39 is 0 Å². The van der Waals surface area contributed by atoms with Crippen LogP contribution in [0, 0.1) is 12.7 Å². The first-order valence-corrected chi connectivity index (χ1v) is 9.68. The van der Waals surface area contributed by atoms with Crippen LogP contribution >= 0.6 is 0 Å². The molecule has 0 aromatic heterocycles. The van der Waals surface area contributed by atoms with Crippen LogP contribution in [0.3, 0.4) is 0 Å². The molecule has 0 bridgehead atoms. The maximum absolute atomic E-state index is 13.7. The molecule has 1 aliphatic rings. The number of nitrogens with one attached hydrogen (secondary N) is 1. The van der Waals surface area contributed by atoms with Gasteiger partial charge in [0.1, 0.15) is 5.82 Å². The lowest BCUT2D eigenvalue weighted by Crippen LogP contribution is -2.50. The van der Waals surface area contributed by atoms with Crippen molar-refractivity contribution < 1.29 is 9.18 Å². The maximum atomic E-state index is 13.7. The van der Waals surface area contributed by atoms with E-state index in [4.69, 9.17) is 0 Å². The molecule has 3 rings (SSSR count). The summed E-state index contributed by atoms with van der Waals surface area (Å²) in [7, 11) is 0. The number of urea groups is 1. The fraction of sp³-hybridized carbons (Fsp3) is 0.409. The number of hydrogen-bond acceptors (Lipinski definition) is 2. The predicted octanol–water partition coefficient (Wildman–Crippen LogP) is 4.09. The first kappa shape index (κ1) is 19.4. The number of carbonyl (C=O) groups is 1. The van der Waals surface area contributed by atoms with Crippen molar-refractivity contribution in [1.29, 1.82) is 0 Å². The molecule has 1 aliphatic heterocycles. The second-order valence-electron chi connectivity index (χ2n) is 7.06. The molecule has 2 aromatic carbocycles. The van der Waals surface area contributed by atoms with E-state index in [0.29, 0.717) is 19.5 Å². The van der Waals surface area contributed by atoms with Crippen molar-refractivity contribution in [2.24, 2.45) is 0 Å². The van der Waals surface area contributed by atoms with E-state index in [1.807, 2.05) is 36.1 Å². The van der Waals surface area contributed by atoms with E-state index in [-0.39, 0.29) is 11.8 Å². The monoisotopic (exact) mass is 369 g/mol. The Morgan fingerprint density at radius 1 is 1.04 bits per heavy atom. The summed E-state index contributed by atoms with van der Waals surface area (Å²) < 4.78 is 13.7. The number of anilines is 1. The highest BCUT2D eigenvalue weighted by Crippen LogP contribution is 2.21. The van der Waals surface area contributed by atoms with Gasteiger partial charge < -0.3 is 10.2 Å². The topological polar surface area (TPSA) is 35.6 Å². The van der Waals surface area contributed by atoms with Gasteiger partial charge >= 0.3 is 6.03 Å². The van der Waals surface area contributed by atoms with Crippen molar-refractivity contribution in [2.75, 3.05) is 38.0 Å². The summed E-state index contributed by atoms with van der Waals surface area (Å²) in [5.74, 6) is -0.138. The fourth-order valence-electron chi connectivity index (χ4n) is 3.54. The molecule has 0 atom stereocenters. The summed E-state index contributed by atoms with van der Waals surface area (Å²) in [5.41, 5.74) is 3.94. The Kier molecular flexibility index (Phi) is 6.45. The first-order chi connectivity index (χ1) is 13.1. The van der Waals surface area contributed by atoms with Crippen molar-refractivity contribution in [2.45, 2.75) is 26.7 Å². The number of piperazine rings is 1. The van der Waals surface area contributed by atoms with E-state index in [1.54, 1.807) is 6.07 Å². The quantitative estimate of drug-likeness (QED) is 0.862. The molecule has 0 saturated carbocycles. The van der Waals surface area contributed by atoms with Gasteiger partial charge in [0.05, 0.1) is 0 Å². The van der Waals surface area contributed by atoms with Crippen LogP contribution in [-0.2, 0) is 12.8 Å². The van der Waals surface area contributed by atoms with Crippen LogP contribution in [0.1, 0.15) is 23.6 Å². The Morgan fingerprint density at radius 2 is 1.74 bits per heavy atom. The molecule has 1 heterocycles. The number of hydrogen-bond donors (Lipinski definition) is 1. The Morgan fingerprint density at radius 3 is 2.44 bits per heavy atom. The molecule has 5 heteroatoms. The minimum Gasteiger partial charge on any atom is -0.322 e. The Bertz CT molecular complexity index is 785. The molecule has 4 nitrogen and oxygen atoms in total. The number of amides is 2. The third kappa shape index (κ3) is 4.86. The molecule has 2 amide bonds. The van der Waals surface area contributed by atoms with Gasteiger partial charge in [0.15, 0.2) is 0 Å². The average Bonchev–Trinajstić information content (AvgIpc) is 2.69. The molecule has 1 N–H and O–H groups in total. The normalized spacial score (nSPS) is 15.0. The van der Waals surface area contributed by atoms with Crippen molar-refractivity contribution in [3.8, 4) is 0 Å². The molecule has 144 valence electrons. The summed E-state index contributed by atoms with van der Waals surface area (Å²) in [6.45, 7) is 7.95. The van der Waals surface area contributed by atoms with Crippen LogP contribution in [-0.4, -0.2) is 48.6 Å². The van der Waals surface area contributed by atoms with Gasteiger partial charge in [-0.1, -0.05) is 43.3 Å². The van der Waals surface area contributed by atoms with Gasteiger partial charge in [-0.3, -0.25) is 4.90 Å². The number of para-hydroxylation sites is 1. The Labute approximate surface area is 161 Å². The maximum Gasteiger partial charge on any atom is 0.321 e. The summed E-state index contributed by atoms with van der Waals surface area (Å²) in [5, 5.41) is 3.10. The van der Waals surface area contributed by atoms with E-state index in [0.717, 1.165) is 48.4 Å². The van der Waals surface area contributed by atoms with E-state index in [2.05, 4.69) is 23.2 Å². The van der Waals surface area contributed by atoms with E-state index in [1.165, 1.54) is 6.07 Å². The molecule has 0 spiro atoms. The third-order valence-corrected chi connectivity index (χ3v) is 5.29. The lowest BCUT2D eigenvalue weighted by atomic mass is 10.1. The number of halogens is 1. The average molecular weight is 369 g/mol. The van der Waals surface area contributed by atoms with Gasteiger partial charge in [-0.25, -0.2) is 9.18 Å². The molecular weight excluding hydrogens is 341 g/mol. The molecule has 2 aromatic rings. The highest BCUT2D eigenvalue weighted by molar-refractivity contribution is 5.91. The van der Waals surface area contributed by atoms with Gasteiger partial charge in [-0.15, -0.1) is 0 Å². The smallest absolute Gasteiger partial charge is 0.321 e. The number of carbonyl (C=O) groups excluding carboxylic acids is 1. The lowest BCUT2D eigenvalue weighted by molar-refractivity contribution is 0.148. The molecule has 0 aliphatic carbocycles. The molecule has 1 saturated heterocycles. The third-order valence-electron chi connectivity index (χ3n) is 5.29. The summed E-state index contributed by atoms with van der Waals surface area (Å²) in [6, 6.07) is 13.0. The zero-order valence-electron chi connectivity index (χ0n) is 16.2. The van der Waals surface area contributed by atoms with Crippen molar-refractivity contribution in [3.63, 3.8) is 0 Å². The number of benzene rings is 2. The molecule has 0 radical (unpaired) electrons. The van der Waals surface area contributed by atoms with Gasteiger partial charge in [0.2, 0.25) is 0 Å². The van der Waals surface area contributed by atoms with Gasteiger partial charge in [0.25, 0.3) is 0 Å². The predicted molar refractivity (Wildman–Crippen MR) is 108 cm³/mol. The Hall–Kier alpha value is -2.40. The van der Waals surface area contributed by atoms with Crippen LogP contribution in [0.4, 0.5) is 14.9 Å². The summed E-state index contributed by atoms with van der Waals surface area (Å²) in [4.78, 5) is 16.8. The van der Waals surface area contributed by atoms with Gasteiger partial charge in [-0.05, 0) is 42.5 Å². The second-order valence-corrected chi connectivity index (χ2v) is 7.06. The SMILES string of the molecule is CCc1cccc(C)c1NC(=O)N1CCN(CCc2ccccc2F)CC1. The molecular formula is C22H28FN3O. The number of rotatable bonds is 5. The fourth-order valence-corrected chi connectivity index (χ4v) is 3.54. The van der Waals surface area contributed by atoms with Crippen LogP contribution in [0.15, 0.2) is 42.5 Å². The van der Waals surface area contributed by atoms with Crippen molar-refractivity contribution >= 4 is 11.7 Å². The zero-order chi connectivity index (χ0) is 19.2. The molecule has 27 heavy (non-hydrogen) atoms. The second kappa shape index (κ2) is 9.00. The highest BCUT2D eigenvalue weighted by Gasteiger charge is 2.22. The van der Waals surface area contributed by atoms with Crippen LogP contribution in [0.5, 0.6) is 0 Å². The molecule has 1 fully saturated rings. The van der Waals surface area contributed by atoms with Crippen LogP contribution in [0.2, 0.25) is 0 Å². The summed E-state index contributed by atoms with van der Waals surface area (Å²) >= 11 is 0. The number of nitrogens with zero attached hydrogens (tertiary/aromatic N) is 2. The largest absolute Gasteiger partial charge is 0.322 e. The van der Waals surface area contributed by atoms with E-state index in [9.17, 15) is 9.18 Å². The standard InChI is InChI=1S/C22H28FN3O/c1-3-18-9-6-7-17(2)21(18)24-22(27)26-15-13-25(14-16-26)12-11-19-8-4-5-10-20(19)23/h4-10H,3,11-16H2,1-2H3,(H,24,27). The van der Waals surface area contributed by atoms with Gasteiger partial charge in [0, 0.05) is 38.4 Å². The number of aryl methyl sites for hydroxylation is 2. The van der Waals surface area contributed by atoms with Crippen molar-refractivity contribution in [1.82, 2.24) is 9.80 Å². The minimum absolute atomic E-state index is 0.0345. The minimum atomic E-state index is -0.138. The van der Waals surface area contributed by atoms with Crippen LogP contribution < -0.4 is 5.32 Å².